The lowest BCUT2D eigenvalue weighted by atomic mass is 10.0. The fraction of sp³-hybridized carbons (Fsp3) is 0.250. The highest BCUT2D eigenvalue weighted by Gasteiger charge is 2.11. The van der Waals surface area contributed by atoms with Crippen LogP contribution in [-0.2, 0) is 6.42 Å². The van der Waals surface area contributed by atoms with Gasteiger partial charge in [-0.15, -0.1) is 0 Å². The molecule has 0 aliphatic carbocycles. The van der Waals surface area contributed by atoms with Gasteiger partial charge >= 0.3 is 0 Å². The first-order chi connectivity index (χ1) is 7.54. The number of pyridine rings is 1. The van der Waals surface area contributed by atoms with Gasteiger partial charge in [-0.25, -0.2) is 4.39 Å². The number of nitrogen functional groups attached to an aromatic ring is 1. The standard InChI is InChI=1S/C12H12BrFN2/c1-3-7-6(2)16-11-5-10(14)9(13)4-8(11)12(7)15/h4-5H,3H2,1-2H3,(H2,15,16). The molecule has 1 aromatic carbocycles. The Morgan fingerprint density at radius 2 is 2.12 bits per heavy atom. The molecule has 2 N–H and O–H groups in total. The molecule has 0 bridgehead atoms. The van der Waals surface area contributed by atoms with Gasteiger partial charge in [0.05, 0.1) is 9.99 Å². The summed E-state index contributed by atoms with van der Waals surface area (Å²) in [4.78, 5) is 4.37. The summed E-state index contributed by atoms with van der Waals surface area (Å²) in [6, 6.07) is 3.09. The smallest absolute Gasteiger partial charge is 0.139 e. The molecule has 0 saturated heterocycles. The van der Waals surface area contributed by atoms with Gasteiger partial charge in [-0.2, -0.15) is 0 Å². The molecule has 2 nitrogen and oxygen atoms in total. The first-order valence-corrected chi connectivity index (χ1v) is 5.87. The second-order valence-corrected chi connectivity index (χ2v) is 4.58. The van der Waals surface area contributed by atoms with E-state index in [0.29, 0.717) is 15.7 Å². The van der Waals surface area contributed by atoms with Crippen molar-refractivity contribution in [3.05, 3.63) is 33.7 Å². The van der Waals surface area contributed by atoms with Crippen LogP contribution in [0.3, 0.4) is 0 Å². The third-order valence-electron chi connectivity index (χ3n) is 2.73. The summed E-state index contributed by atoms with van der Waals surface area (Å²) in [5.74, 6) is -0.317. The predicted octanol–water partition coefficient (Wildman–Crippen LogP) is 3.59. The number of halogens is 2. The molecule has 0 unspecified atom stereocenters. The number of hydrogen-bond acceptors (Lipinski definition) is 2. The summed E-state index contributed by atoms with van der Waals surface area (Å²) >= 11 is 3.16. The van der Waals surface area contributed by atoms with Crippen molar-refractivity contribution in [2.24, 2.45) is 0 Å². The van der Waals surface area contributed by atoms with Crippen molar-refractivity contribution in [3.8, 4) is 0 Å². The molecule has 2 rings (SSSR count). The van der Waals surface area contributed by atoms with Crippen LogP contribution in [0.4, 0.5) is 10.1 Å². The Kier molecular flexibility index (Phi) is 2.84. The number of nitrogens with two attached hydrogens (primary N) is 1. The van der Waals surface area contributed by atoms with Crippen LogP contribution in [-0.4, -0.2) is 4.98 Å². The van der Waals surface area contributed by atoms with Crippen molar-refractivity contribution >= 4 is 32.5 Å². The normalized spacial score (nSPS) is 11.0. The number of hydrogen-bond donors (Lipinski definition) is 1. The number of aromatic nitrogens is 1. The molecule has 84 valence electrons. The second-order valence-electron chi connectivity index (χ2n) is 3.73. The number of benzene rings is 1. The number of nitrogens with zero attached hydrogens (tertiary/aromatic N) is 1. The molecule has 16 heavy (non-hydrogen) atoms. The molecule has 0 saturated carbocycles. The van der Waals surface area contributed by atoms with E-state index in [9.17, 15) is 4.39 Å². The molecular weight excluding hydrogens is 271 g/mol. The van der Waals surface area contributed by atoms with Crippen LogP contribution in [0.25, 0.3) is 10.9 Å². The molecule has 1 aromatic heterocycles. The summed E-state index contributed by atoms with van der Waals surface area (Å²) in [6.07, 6.45) is 0.829. The van der Waals surface area contributed by atoms with E-state index in [2.05, 4.69) is 20.9 Å². The average molecular weight is 283 g/mol. The Morgan fingerprint density at radius 3 is 2.75 bits per heavy atom. The fourth-order valence-corrected chi connectivity index (χ4v) is 2.24. The minimum absolute atomic E-state index is 0.317. The molecule has 4 heteroatoms. The van der Waals surface area contributed by atoms with Crippen LogP contribution < -0.4 is 5.73 Å². The molecule has 0 amide bonds. The minimum Gasteiger partial charge on any atom is -0.398 e. The predicted molar refractivity (Wildman–Crippen MR) is 67.9 cm³/mol. The van der Waals surface area contributed by atoms with E-state index in [1.807, 2.05) is 13.8 Å². The summed E-state index contributed by atoms with van der Waals surface area (Å²) in [5, 5.41) is 0.802. The monoisotopic (exact) mass is 282 g/mol. The summed E-state index contributed by atoms with van der Waals surface area (Å²) in [5.41, 5.74) is 9.27. The highest BCUT2D eigenvalue weighted by Crippen LogP contribution is 2.30. The molecule has 0 atom stereocenters. The minimum atomic E-state index is -0.317. The molecule has 0 fully saturated rings. The second kappa shape index (κ2) is 4.01. The van der Waals surface area contributed by atoms with Crippen LogP contribution in [0.15, 0.2) is 16.6 Å². The van der Waals surface area contributed by atoms with E-state index < -0.39 is 0 Å². The van der Waals surface area contributed by atoms with Crippen LogP contribution >= 0.6 is 15.9 Å². The Bertz CT molecular complexity index is 567. The molecule has 2 aromatic rings. The molecule has 0 aliphatic heterocycles. The SMILES string of the molecule is CCc1c(C)nc2cc(F)c(Br)cc2c1N. The highest BCUT2D eigenvalue weighted by atomic mass is 79.9. The Hall–Kier alpha value is -1.16. The van der Waals surface area contributed by atoms with E-state index >= 15 is 0 Å². The Balaban J connectivity index is 2.88. The van der Waals surface area contributed by atoms with E-state index in [4.69, 9.17) is 5.73 Å². The molecular formula is C12H12BrFN2. The van der Waals surface area contributed by atoms with Gasteiger partial charge in [0.2, 0.25) is 0 Å². The van der Waals surface area contributed by atoms with E-state index in [0.717, 1.165) is 23.1 Å². The molecule has 1 heterocycles. The van der Waals surface area contributed by atoms with Crippen LogP contribution in [0, 0.1) is 12.7 Å². The van der Waals surface area contributed by atoms with Crippen molar-refractivity contribution in [2.45, 2.75) is 20.3 Å². The van der Waals surface area contributed by atoms with E-state index in [-0.39, 0.29) is 5.82 Å². The quantitative estimate of drug-likeness (QED) is 0.868. The largest absolute Gasteiger partial charge is 0.398 e. The first-order valence-electron chi connectivity index (χ1n) is 5.08. The zero-order valence-electron chi connectivity index (χ0n) is 9.14. The number of fused-ring (bicyclic) bond motifs is 1. The Morgan fingerprint density at radius 1 is 1.44 bits per heavy atom. The topological polar surface area (TPSA) is 38.9 Å². The zero-order chi connectivity index (χ0) is 11.9. The van der Waals surface area contributed by atoms with Crippen molar-refractivity contribution < 1.29 is 4.39 Å². The van der Waals surface area contributed by atoms with Gasteiger partial charge in [0, 0.05) is 22.8 Å². The summed E-state index contributed by atoms with van der Waals surface area (Å²) in [7, 11) is 0. The lowest BCUT2D eigenvalue weighted by Crippen LogP contribution is -2.01. The van der Waals surface area contributed by atoms with Gasteiger partial charge in [-0.1, -0.05) is 6.92 Å². The van der Waals surface area contributed by atoms with Crippen molar-refractivity contribution in [3.63, 3.8) is 0 Å². The maximum atomic E-state index is 13.4. The van der Waals surface area contributed by atoms with Gasteiger partial charge in [0.15, 0.2) is 0 Å². The maximum absolute atomic E-state index is 13.4. The molecule has 0 radical (unpaired) electrons. The zero-order valence-corrected chi connectivity index (χ0v) is 10.7. The van der Waals surface area contributed by atoms with Crippen LogP contribution in [0.2, 0.25) is 0 Å². The summed E-state index contributed by atoms with van der Waals surface area (Å²) < 4.78 is 13.8. The van der Waals surface area contributed by atoms with Crippen LogP contribution in [0.1, 0.15) is 18.2 Å². The van der Waals surface area contributed by atoms with Gasteiger partial charge in [-0.3, -0.25) is 4.98 Å². The number of aryl methyl sites for hydroxylation is 1. The molecule has 0 spiro atoms. The first kappa shape index (κ1) is 11.3. The highest BCUT2D eigenvalue weighted by molar-refractivity contribution is 9.10. The lowest BCUT2D eigenvalue weighted by Gasteiger charge is -2.11. The third-order valence-corrected chi connectivity index (χ3v) is 3.34. The molecule has 0 aliphatic rings. The average Bonchev–Trinajstić information content (AvgIpc) is 2.22. The number of rotatable bonds is 1. The number of anilines is 1. The van der Waals surface area contributed by atoms with Gasteiger partial charge in [0.25, 0.3) is 0 Å². The lowest BCUT2D eigenvalue weighted by molar-refractivity contribution is 0.623. The Labute approximate surface area is 102 Å². The third kappa shape index (κ3) is 1.67. The van der Waals surface area contributed by atoms with Gasteiger partial charge in [0.1, 0.15) is 5.82 Å². The van der Waals surface area contributed by atoms with Gasteiger partial charge < -0.3 is 5.73 Å². The maximum Gasteiger partial charge on any atom is 0.139 e. The van der Waals surface area contributed by atoms with E-state index in [1.165, 1.54) is 6.07 Å². The fourth-order valence-electron chi connectivity index (χ4n) is 1.90. The van der Waals surface area contributed by atoms with Gasteiger partial charge in [-0.05, 0) is 40.9 Å². The van der Waals surface area contributed by atoms with Crippen molar-refractivity contribution in [1.82, 2.24) is 4.98 Å². The van der Waals surface area contributed by atoms with Crippen molar-refractivity contribution in [1.29, 1.82) is 0 Å². The van der Waals surface area contributed by atoms with Crippen molar-refractivity contribution in [2.75, 3.05) is 5.73 Å². The van der Waals surface area contributed by atoms with Crippen LogP contribution in [0.5, 0.6) is 0 Å². The summed E-state index contributed by atoms with van der Waals surface area (Å²) in [6.45, 7) is 3.93. The van der Waals surface area contributed by atoms with E-state index in [1.54, 1.807) is 6.07 Å².